The van der Waals surface area contributed by atoms with E-state index in [0.717, 1.165) is 22.8 Å². The Kier molecular flexibility index (Phi) is 6.50. The van der Waals surface area contributed by atoms with Crippen molar-refractivity contribution in [3.63, 3.8) is 0 Å². The molecule has 5 rings (SSSR count). The maximum absolute atomic E-state index is 12.7. The van der Waals surface area contributed by atoms with Crippen LogP contribution in [0.1, 0.15) is 16.1 Å². The van der Waals surface area contributed by atoms with Gasteiger partial charge in [0.15, 0.2) is 0 Å². The summed E-state index contributed by atoms with van der Waals surface area (Å²) >= 11 is 0. The molecule has 0 unspecified atom stereocenters. The smallest absolute Gasteiger partial charge is 0.349 e. The van der Waals surface area contributed by atoms with E-state index in [4.69, 9.17) is 9.15 Å². The Morgan fingerprint density at radius 1 is 0.838 bits per heavy atom. The van der Waals surface area contributed by atoms with Crippen LogP contribution in [0.4, 0.5) is 28.8 Å². The van der Waals surface area contributed by atoms with Gasteiger partial charge in [-0.25, -0.2) is 9.78 Å². The molecule has 0 aliphatic rings. The monoisotopic (exact) mass is 493 g/mol. The summed E-state index contributed by atoms with van der Waals surface area (Å²) in [5, 5.41) is 9.83. The maximum Gasteiger partial charge on any atom is 0.349 e. The quantitative estimate of drug-likeness (QED) is 0.249. The first-order valence-electron chi connectivity index (χ1n) is 11.4. The van der Waals surface area contributed by atoms with E-state index in [9.17, 15) is 9.59 Å². The van der Waals surface area contributed by atoms with Gasteiger partial charge >= 0.3 is 5.63 Å². The fourth-order valence-electron chi connectivity index (χ4n) is 3.70. The van der Waals surface area contributed by atoms with E-state index in [0.29, 0.717) is 28.4 Å². The van der Waals surface area contributed by atoms with Crippen LogP contribution in [0.5, 0.6) is 5.75 Å². The maximum atomic E-state index is 12.7. The van der Waals surface area contributed by atoms with Gasteiger partial charge in [-0.3, -0.25) is 4.79 Å². The number of aryl methyl sites for hydroxylation is 1. The molecule has 0 atom stereocenters. The number of carbonyl (C=O) groups excluding carboxylic acids is 1. The molecule has 0 saturated carbocycles. The van der Waals surface area contributed by atoms with Crippen molar-refractivity contribution in [2.45, 2.75) is 6.92 Å². The Balaban J connectivity index is 1.27. The van der Waals surface area contributed by atoms with Crippen LogP contribution in [0, 0.1) is 6.92 Å². The Morgan fingerprint density at radius 3 is 2.27 bits per heavy atom. The fourth-order valence-corrected chi connectivity index (χ4v) is 3.70. The van der Waals surface area contributed by atoms with Gasteiger partial charge in [0, 0.05) is 34.2 Å². The number of para-hydroxylation sites is 1. The Hall–Kier alpha value is -5.18. The highest BCUT2D eigenvalue weighted by Crippen LogP contribution is 2.22. The number of amides is 1. The summed E-state index contributed by atoms with van der Waals surface area (Å²) < 4.78 is 10.4. The zero-order valence-electron chi connectivity index (χ0n) is 20.1. The van der Waals surface area contributed by atoms with Gasteiger partial charge in [-0.1, -0.05) is 18.2 Å². The van der Waals surface area contributed by atoms with Gasteiger partial charge in [-0.05, 0) is 67.6 Å². The van der Waals surface area contributed by atoms with Crippen molar-refractivity contribution in [1.82, 2.24) is 9.97 Å². The summed E-state index contributed by atoms with van der Waals surface area (Å²) in [5.74, 6) is 1.28. The van der Waals surface area contributed by atoms with Crippen molar-refractivity contribution in [2.24, 2.45) is 0 Å². The number of benzene rings is 3. The summed E-state index contributed by atoms with van der Waals surface area (Å²) in [4.78, 5) is 33.9. The molecule has 184 valence electrons. The van der Waals surface area contributed by atoms with Gasteiger partial charge in [0.2, 0.25) is 5.95 Å². The molecule has 2 heterocycles. The number of anilines is 5. The van der Waals surface area contributed by atoms with E-state index in [1.54, 1.807) is 49.6 Å². The van der Waals surface area contributed by atoms with Gasteiger partial charge in [0.05, 0.1) is 7.11 Å². The van der Waals surface area contributed by atoms with Crippen molar-refractivity contribution in [3.8, 4) is 5.75 Å². The standard InChI is InChI=1S/C28H23N5O4/c1-17-15-25(30-19-11-13-22(36-2)14-12-19)33-28(29-17)32-21-9-7-20(8-10-21)31-26(34)23-16-18-5-3-4-6-24(18)37-27(23)35/h3-16H,1-2H3,(H,31,34)(H2,29,30,32,33). The Morgan fingerprint density at radius 2 is 1.51 bits per heavy atom. The normalized spacial score (nSPS) is 10.6. The molecule has 0 bridgehead atoms. The first kappa shape index (κ1) is 23.6. The van der Waals surface area contributed by atoms with Gasteiger partial charge in [-0.15, -0.1) is 0 Å². The van der Waals surface area contributed by atoms with Crippen LogP contribution in [-0.2, 0) is 0 Å². The number of hydrogen-bond donors (Lipinski definition) is 3. The van der Waals surface area contributed by atoms with Crippen molar-refractivity contribution in [2.75, 3.05) is 23.1 Å². The number of nitrogens with one attached hydrogen (secondary N) is 3. The number of rotatable bonds is 7. The highest BCUT2D eigenvalue weighted by molar-refractivity contribution is 6.05. The molecular weight excluding hydrogens is 470 g/mol. The van der Waals surface area contributed by atoms with Crippen LogP contribution in [-0.4, -0.2) is 23.0 Å². The molecule has 3 N–H and O–H groups in total. The Bertz CT molecular complexity index is 1630. The average molecular weight is 494 g/mol. The molecule has 9 nitrogen and oxygen atoms in total. The van der Waals surface area contributed by atoms with Gasteiger partial charge < -0.3 is 25.1 Å². The minimum absolute atomic E-state index is 0.0639. The predicted octanol–water partition coefficient (Wildman–Crippen LogP) is 5.64. The lowest BCUT2D eigenvalue weighted by Gasteiger charge is -2.11. The number of carbonyl (C=O) groups is 1. The predicted molar refractivity (Wildman–Crippen MR) is 143 cm³/mol. The van der Waals surface area contributed by atoms with Crippen molar-refractivity contribution in [1.29, 1.82) is 0 Å². The van der Waals surface area contributed by atoms with Gasteiger partial charge in [-0.2, -0.15) is 4.98 Å². The summed E-state index contributed by atoms with van der Waals surface area (Å²) in [6, 6.07) is 24.9. The first-order chi connectivity index (χ1) is 18.0. The summed E-state index contributed by atoms with van der Waals surface area (Å²) in [5.41, 5.74) is 2.58. The lowest BCUT2D eigenvalue weighted by molar-refractivity contribution is 0.102. The largest absolute Gasteiger partial charge is 0.497 e. The molecule has 0 fully saturated rings. The minimum atomic E-state index is -0.690. The van der Waals surface area contributed by atoms with E-state index in [2.05, 4.69) is 25.9 Å². The SMILES string of the molecule is COc1ccc(Nc2cc(C)nc(Nc3ccc(NC(=O)c4cc5ccccc5oc4=O)cc3)n2)cc1. The summed E-state index contributed by atoms with van der Waals surface area (Å²) in [6.07, 6.45) is 0. The van der Waals surface area contributed by atoms with Crippen LogP contribution in [0.25, 0.3) is 11.0 Å². The lowest BCUT2D eigenvalue weighted by atomic mass is 10.1. The highest BCUT2D eigenvalue weighted by Gasteiger charge is 2.14. The van der Waals surface area contributed by atoms with E-state index in [1.807, 2.05) is 43.3 Å². The summed E-state index contributed by atoms with van der Waals surface area (Å²) in [6.45, 7) is 1.88. The Labute approximate surface area is 212 Å². The molecule has 0 radical (unpaired) electrons. The van der Waals surface area contributed by atoms with Crippen molar-refractivity contribution < 1.29 is 13.9 Å². The van der Waals surface area contributed by atoms with Crippen LogP contribution < -0.4 is 26.3 Å². The zero-order valence-corrected chi connectivity index (χ0v) is 20.1. The molecule has 9 heteroatoms. The van der Waals surface area contributed by atoms with E-state index >= 15 is 0 Å². The van der Waals surface area contributed by atoms with E-state index in [-0.39, 0.29) is 5.56 Å². The van der Waals surface area contributed by atoms with Crippen LogP contribution in [0.15, 0.2) is 94.1 Å². The molecule has 0 aliphatic carbocycles. The molecule has 2 aromatic heterocycles. The van der Waals surface area contributed by atoms with Crippen LogP contribution >= 0.6 is 0 Å². The molecule has 3 aromatic carbocycles. The minimum Gasteiger partial charge on any atom is -0.497 e. The topological polar surface area (TPSA) is 118 Å². The van der Waals surface area contributed by atoms with Crippen LogP contribution in [0.2, 0.25) is 0 Å². The fraction of sp³-hybridized carbons (Fsp3) is 0.0714. The molecule has 0 aliphatic heterocycles. The van der Waals surface area contributed by atoms with Gasteiger partial charge in [0.1, 0.15) is 22.7 Å². The highest BCUT2D eigenvalue weighted by atomic mass is 16.5. The van der Waals surface area contributed by atoms with Crippen molar-refractivity contribution >= 4 is 45.7 Å². The van der Waals surface area contributed by atoms with E-state index < -0.39 is 11.5 Å². The lowest BCUT2D eigenvalue weighted by Crippen LogP contribution is -2.20. The summed E-state index contributed by atoms with van der Waals surface area (Å²) in [7, 11) is 1.62. The zero-order chi connectivity index (χ0) is 25.8. The number of nitrogens with zero attached hydrogens (tertiary/aromatic N) is 2. The van der Waals surface area contributed by atoms with Gasteiger partial charge in [0.25, 0.3) is 5.91 Å². The number of ether oxygens (including phenoxy) is 1. The number of aromatic nitrogens is 2. The molecule has 37 heavy (non-hydrogen) atoms. The third kappa shape index (κ3) is 5.57. The molecule has 0 spiro atoms. The second kappa shape index (κ2) is 10.2. The number of hydrogen-bond acceptors (Lipinski definition) is 8. The van der Waals surface area contributed by atoms with E-state index in [1.165, 1.54) is 6.07 Å². The molecule has 1 amide bonds. The third-order valence-corrected chi connectivity index (χ3v) is 5.50. The third-order valence-electron chi connectivity index (χ3n) is 5.50. The number of methoxy groups -OCH3 is 1. The van der Waals surface area contributed by atoms with Crippen molar-refractivity contribution in [3.05, 3.63) is 107 Å². The second-order valence-corrected chi connectivity index (χ2v) is 8.21. The molecule has 5 aromatic rings. The average Bonchev–Trinajstić information content (AvgIpc) is 2.89. The molecular formula is C28H23N5O4. The number of fused-ring (bicyclic) bond motifs is 1. The second-order valence-electron chi connectivity index (χ2n) is 8.21. The first-order valence-corrected chi connectivity index (χ1v) is 11.4. The van der Waals surface area contributed by atoms with Crippen LogP contribution in [0.3, 0.4) is 0 Å². The molecule has 0 saturated heterocycles.